The molecule has 1 amide bonds. The molecule has 0 atom stereocenters. The Bertz CT molecular complexity index is 358. The van der Waals surface area contributed by atoms with Gasteiger partial charge < -0.3 is 10.6 Å². The summed E-state index contributed by atoms with van der Waals surface area (Å²) in [6, 6.07) is 1.63. The highest BCUT2D eigenvalue weighted by atomic mass is 35.5. The SMILES string of the molecule is CCCCN(CC(N)=O)c1cc(Cl)ncn1. The molecule has 0 bridgehead atoms. The zero-order valence-corrected chi connectivity index (χ0v) is 9.94. The van der Waals surface area contributed by atoms with E-state index >= 15 is 0 Å². The number of halogens is 1. The van der Waals surface area contributed by atoms with Crippen LogP contribution in [0.4, 0.5) is 5.82 Å². The van der Waals surface area contributed by atoms with Gasteiger partial charge in [-0.15, -0.1) is 0 Å². The normalized spacial score (nSPS) is 10.1. The number of hydrogen-bond donors (Lipinski definition) is 1. The Balaban J connectivity index is 2.78. The zero-order chi connectivity index (χ0) is 12.0. The Kier molecular flexibility index (Phi) is 4.98. The number of unbranched alkanes of at least 4 members (excludes halogenated alkanes) is 1. The summed E-state index contributed by atoms with van der Waals surface area (Å²) < 4.78 is 0. The molecule has 1 aromatic rings. The Morgan fingerprint density at radius 3 is 2.88 bits per heavy atom. The molecular weight excluding hydrogens is 228 g/mol. The molecule has 0 aliphatic carbocycles. The fourth-order valence-electron chi connectivity index (χ4n) is 1.31. The average Bonchev–Trinajstić information content (AvgIpc) is 2.23. The predicted octanol–water partition coefficient (Wildman–Crippen LogP) is 1.22. The van der Waals surface area contributed by atoms with Crippen LogP contribution < -0.4 is 10.6 Å². The van der Waals surface area contributed by atoms with Gasteiger partial charge in [-0.25, -0.2) is 9.97 Å². The molecule has 0 radical (unpaired) electrons. The number of amides is 1. The molecule has 0 aliphatic heterocycles. The van der Waals surface area contributed by atoms with Crippen LogP contribution in [0.1, 0.15) is 19.8 Å². The summed E-state index contributed by atoms with van der Waals surface area (Å²) in [5, 5.41) is 0.357. The van der Waals surface area contributed by atoms with Crippen LogP contribution in [0.5, 0.6) is 0 Å². The zero-order valence-electron chi connectivity index (χ0n) is 9.19. The van der Waals surface area contributed by atoms with E-state index in [-0.39, 0.29) is 12.5 Å². The molecular formula is C10H15ClN4O. The van der Waals surface area contributed by atoms with Crippen molar-refractivity contribution in [1.82, 2.24) is 9.97 Å². The summed E-state index contributed by atoms with van der Waals surface area (Å²) >= 11 is 5.77. The molecule has 1 rings (SSSR count). The van der Waals surface area contributed by atoms with E-state index in [4.69, 9.17) is 17.3 Å². The van der Waals surface area contributed by atoms with E-state index in [1.807, 2.05) is 0 Å². The first-order chi connectivity index (χ1) is 7.63. The molecule has 0 unspecified atom stereocenters. The van der Waals surface area contributed by atoms with Crippen molar-refractivity contribution in [2.45, 2.75) is 19.8 Å². The number of rotatable bonds is 6. The highest BCUT2D eigenvalue weighted by molar-refractivity contribution is 6.29. The van der Waals surface area contributed by atoms with Crippen molar-refractivity contribution in [3.05, 3.63) is 17.5 Å². The van der Waals surface area contributed by atoms with Crippen LogP contribution >= 0.6 is 11.6 Å². The van der Waals surface area contributed by atoms with E-state index in [1.54, 1.807) is 11.0 Å². The van der Waals surface area contributed by atoms with Crippen LogP contribution in [-0.2, 0) is 4.79 Å². The standard InChI is InChI=1S/C10H15ClN4O/c1-2-3-4-15(6-9(12)16)10-5-8(11)13-7-14-10/h5,7H,2-4,6H2,1H3,(H2,12,16). The fourth-order valence-corrected chi connectivity index (χ4v) is 1.45. The number of carbonyl (C=O) groups is 1. The van der Waals surface area contributed by atoms with E-state index in [2.05, 4.69) is 16.9 Å². The molecule has 0 spiro atoms. The monoisotopic (exact) mass is 242 g/mol. The lowest BCUT2D eigenvalue weighted by molar-refractivity contribution is -0.116. The van der Waals surface area contributed by atoms with Gasteiger partial charge in [-0.2, -0.15) is 0 Å². The summed E-state index contributed by atoms with van der Waals surface area (Å²) in [6.07, 6.45) is 3.38. The van der Waals surface area contributed by atoms with Gasteiger partial charge in [0.2, 0.25) is 5.91 Å². The van der Waals surface area contributed by atoms with Crippen LogP contribution in [-0.4, -0.2) is 29.0 Å². The van der Waals surface area contributed by atoms with Gasteiger partial charge in [0, 0.05) is 12.6 Å². The first-order valence-electron chi connectivity index (χ1n) is 5.14. The van der Waals surface area contributed by atoms with Crippen LogP contribution in [0.15, 0.2) is 12.4 Å². The highest BCUT2D eigenvalue weighted by Gasteiger charge is 2.10. The van der Waals surface area contributed by atoms with Crippen LogP contribution in [0.25, 0.3) is 0 Å². The molecule has 0 aromatic carbocycles. The van der Waals surface area contributed by atoms with Gasteiger partial charge in [-0.05, 0) is 6.42 Å². The average molecular weight is 243 g/mol. The molecule has 2 N–H and O–H groups in total. The van der Waals surface area contributed by atoms with Crippen LogP contribution in [0.3, 0.4) is 0 Å². The molecule has 88 valence electrons. The Labute approximate surface area is 99.6 Å². The molecule has 16 heavy (non-hydrogen) atoms. The minimum atomic E-state index is -0.383. The van der Waals surface area contributed by atoms with Gasteiger partial charge in [0.05, 0.1) is 6.54 Å². The Morgan fingerprint density at radius 1 is 1.56 bits per heavy atom. The minimum Gasteiger partial charge on any atom is -0.368 e. The largest absolute Gasteiger partial charge is 0.368 e. The quantitative estimate of drug-likeness (QED) is 0.762. The van der Waals surface area contributed by atoms with Crippen molar-refractivity contribution in [1.29, 1.82) is 0 Å². The summed E-state index contributed by atoms with van der Waals surface area (Å²) in [6.45, 7) is 2.95. The number of hydrogen-bond acceptors (Lipinski definition) is 4. The maximum absolute atomic E-state index is 10.9. The first-order valence-corrected chi connectivity index (χ1v) is 5.52. The van der Waals surface area contributed by atoms with Crippen molar-refractivity contribution >= 4 is 23.3 Å². The smallest absolute Gasteiger partial charge is 0.236 e. The van der Waals surface area contributed by atoms with E-state index in [0.29, 0.717) is 11.0 Å². The maximum Gasteiger partial charge on any atom is 0.236 e. The number of aromatic nitrogens is 2. The van der Waals surface area contributed by atoms with E-state index in [0.717, 1.165) is 19.4 Å². The highest BCUT2D eigenvalue weighted by Crippen LogP contribution is 2.14. The molecule has 1 heterocycles. The lowest BCUT2D eigenvalue weighted by Crippen LogP contribution is -2.35. The van der Waals surface area contributed by atoms with E-state index in [9.17, 15) is 4.79 Å². The third-order valence-corrected chi connectivity index (χ3v) is 2.28. The van der Waals surface area contributed by atoms with Crippen LogP contribution in [0.2, 0.25) is 5.15 Å². The summed E-state index contributed by atoms with van der Waals surface area (Å²) in [4.78, 5) is 20.6. The fraction of sp³-hybridized carbons (Fsp3) is 0.500. The number of nitrogens with two attached hydrogens (primary N) is 1. The lowest BCUT2D eigenvalue weighted by Gasteiger charge is -2.21. The van der Waals surface area contributed by atoms with Gasteiger partial charge in [-0.1, -0.05) is 24.9 Å². The van der Waals surface area contributed by atoms with Crippen molar-refractivity contribution < 1.29 is 4.79 Å². The molecule has 0 saturated carbocycles. The van der Waals surface area contributed by atoms with E-state index in [1.165, 1.54) is 6.33 Å². The Morgan fingerprint density at radius 2 is 2.31 bits per heavy atom. The molecule has 5 nitrogen and oxygen atoms in total. The van der Waals surface area contributed by atoms with E-state index < -0.39 is 0 Å². The molecule has 6 heteroatoms. The first kappa shape index (κ1) is 12.7. The predicted molar refractivity (Wildman–Crippen MR) is 63.4 cm³/mol. The number of anilines is 1. The number of nitrogens with zero attached hydrogens (tertiary/aromatic N) is 3. The second kappa shape index (κ2) is 6.27. The lowest BCUT2D eigenvalue weighted by atomic mass is 10.3. The maximum atomic E-state index is 10.9. The third kappa shape index (κ3) is 4.02. The second-order valence-corrected chi connectivity index (χ2v) is 3.83. The van der Waals surface area contributed by atoms with Gasteiger partial charge in [0.25, 0.3) is 0 Å². The molecule has 0 fully saturated rings. The number of carbonyl (C=O) groups excluding carboxylic acids is 1. The van der Waals surface area contributed by atoms with Gasteiger partial charge >= 0.3 is 0 Å². The van der Waals surface area contributed by atoms with Gasteiger partial charge in [0.1, 0.15) is 17.3 Å². The van der Waals surface area contributed by atoms with Crippen molar-refractivity contribution in [2.24, 2.45) is 5.73 Å². The van der Waals surface area contributed by atoms with Gasteiger partial charge in [0.15, 0.2) is 0 Å². The minimum absolute atomic E-state index is 0.146. The van der Waals surface area contributed by atoms with Crippen molar-refractivity contribution in [2.75, 3.05) is 18.0 Å². The molecule has 0 aliphatic rings. The summed E-state index contributed by atoms with van der Waals surface area (Å²) in [7, 11) is 0. The van der Waals surface area contributed by atoms with Crippen molar-refractivity contribution in [3.8, 4) is 0 Å². The van der Waals surface area contributed by atoms with Gasteiger partial charge in [-0.3, -0.25) is 4.79 Å². The number of primary amides is 1. The second-order valence-electron chi connectivity index (χ2n) is 3.44. The molecule has 1 aromatic heterocycles. The Hall–Kier alpha value is -1.36. The third-order valence-electron chi connectivity index (χ3n) is 2.07. The topological polar surface area (TPSA) is 72.1 Å². The summed E-state index contributed by atoms with van der Waals surface area (Å²) in [5.41, 5.74) is 5.18. The molecule has 0 saturated heterocycles. The van der Waals surface area contributed by atoms with Crippen molar-refractivity contribution in [3.63, 3.8) is 0 Å². The van der Waals surface area contributed by atoms with Crippen LogP contribution in [0, 0.1) is 0 Å². The summed E-state index contributed by atoms with van der Waals surface area (Å²) in [5.74, 6) is 0.248.